The molecule has 0 unspecified atom stereocenters. The molecule has 2 aromatic heterocycles. The minimum Gasteiger partial charge on any atom is -0.496 e. The summed E-state index contributed by atoms with van der Waals surface area (Å²) in [7, 11) is 1.65. The van der Waals surface area contributed by atoms with E-state index in [1.54, 1.807) is 18.4 Å². The molecule has 0 aliphatic rings. The Morgan fingerprint density at radius 1 is 1.25 bits per heavy atom. The maximum Gasteiger partial charge on any atom is 0.127 e. The molecule has 2 N–H and O–H groups in total. The van der Waals surface area contributed by atoms with Crippen LogP contribution < -0.4 is 20.9 Å². The summed E-state index contributed by atoms with van der Waals surface area (Å²) in [6, 6.07) is 8.20. The van der Waals surface area contributed by atoms with Crippen LogP contribution in [0.15, 0.2) is 23.6 Å². The number of thiophene rings is 1. The van der Waals surface area contributed by atoms with Crippen molar-refractivity contribution in [3.8, 4) is 17.5 Å². The first-order chi connectivity index (χ1) is 13.5. The van der Waals surface area contributed by atoms with Crippen LogP contribution in [0.3, 0.4) is 0 Å². The largest absolute Gasteiger partial charge is 0.496 e. The smallest absolute Gasteiger partial charge is 0.127 e. The van der Waals surface area contributed by atoms with Crippen LogP contribution in [0, 0.1) is 35.1 Å². The lowest BCUT2D eigenvalue weighted by Crippen LogP contribution is -2.11. The van der Waals surface area contributed by atoms with Crippen molar-refractivity contribution in [2.75, 3.05) is 12.8 Å². The van der Waals surface area contributed by atoms with E-state index in [9.17, 15) is 5.26 Å². The van der Waals surface area contributed by atoms with E-state index in [-0.39, 0.29) is 0 Å². The molecule has 4 nitrogen and oxygen atoms in total. The number of benzene rings is 1. The van der Waals surface area contributed by atoms with Gasteiger partial charge in [0, 0.05) is 10.8 Å². The highest BCUT2D eigenvalue weighted by atomic mass is 32.1. The maximum absolute atomic E-state index is 9.72. The van der Waals surface area contributed by atoms with E-state index in [0.29, 0.717) is 11.4 Å². The SMILES string of the molecule is C=c1ccs/c1=c1/c(=C\C)c(C#N)c(N)n1-c1c(C)ccc(OC)c1C.CC. The fourth-order valence-corrected chi connectivity index (χ4v) is 4.29. The van der Waals surface area contributed by atoms with Gasteiger partial charge in [0.1, 0.15) is 23.2 Å². The van der Waals surface area contributed by atoms with Crippen molar-refractivity contribution in [3.63, 3.8) is 0 Å². The Balaban J connectivity index is 0.00000136. The van der Waals surface area contributed by atoms with Crippen molar-refractivity contribution in [3.05, 3.63) is 60.6 Å². The number of aryl methyl sites for hydroxylation is 1. The molecule has 0 aliphatic heterocycles. The Kier molecular flexibility index (Phi) is 6.71. The summed E-state index contributed by atoms with van der Waals surface area (Å²) in [5.41, 5.74) is 9.93. The number of hydrogen-bond donors (Lipinski definition) is 1. The number of nitriles is 1. The summed E-state index contributed by atoms with van der Waals surface area (Å²) in [5, 5.41) is 14.4. The Morgan fingerprint density at radius 2 is 1.93 bits per heavy atom. The molecule has 3 rings (SSSR count). The van der Waals surface area contributed by atoms with E-state index in [1.807, 2.05) is 68.8 Å². The molecule has 0 atom stereocenters. The van der Waals surface area contributed by atoms with Gasteiger partial charge in [0.05, 0.1) is 22.7 Å². The zero-order valence-electron chi connectivity index (χ0n) is 17.4. The highest BCUT2D eigenvalue weighted by Crippen LogP contribution is 2.30. The second-order valence-corrected chi connectivity index (χ2v) is 7.01. The van der Waals surface area contributed by atoms with Crippen molar-refractivity contribution in [1.29, 1.82) is 5.26 Å². The molecule has 0 saturated carbocycles. The second-order valence-electron chi connectivity index (χ2n) is 6.09. The van der Waals surface area contributed by atoms with Crippen LogP contribution in [0.4, 0.5) is 5.82 Å². The molecule has 0 saturated heterocycles. The lowest BCUT2D eigenvalue weighted by atomic mass is 10.1. The highest BCUT2D eigenvalue weighted by Gasteiger charge is 2.18. The quantitative estimate of drug-likeness (QED) is 0.712. The molecule has 0 amide bonds. The number of methoxy groups -OCH3 is 1. The Morgan fingerprint density at radius 3 is 2.43 bits per heavy atom. The number of nitrogens with zero attached hydrogens (tertiary/aromatic N) is 2. The van der Waals surface area contributed by atoms with Crippen molar-refractivity contribution in [2.45, 2.75) is 34.6 Å². The van der Waals surface area contributed by atoms with Crippen LogP contribution in [0.5, 0.6) is 5.75 Å². The number of anilines is 1. The number of rotatable bonds is 2. The molecule has 146 valence electrons. The van der Waals surface area contributed by atoms with E-state index < -0.39 is 0 Å². The van der Waals surface area contributed by atoms with Gasteiger partial charge in [-0.25, -0.2) is 0 Å². The molecule has 5 heteroatoms. The number of nitrogen functional groups attached to an aromatic ring is 1. The molecule has 28 heavy (non-hydrogen) atoms. The molecule has 1 aromatic carbocycles. The topological polar surface area (TPSA) is 64.0 Å². The van der Waals surface area contributed by atoms with Crippen molar-refractivity contribution in [2.24, 2.45) is 0 Å². The van der Waals surface area contributed by atoms with Crippen LogP contribution in [0.2, 0.25) is 0 Å². The van der Waals surface area contributed by atoms with E-state index in [1.165, 1.54) is 0 Å². The normalized spacial score (nSPS) is 12.2. The van der Waals surface area contributed by atoms with E-state index in [4.69, 9.17) is 10.5 Å². The third kappa shape index (κ3) is 3.32. The predicted octanol–water partition coefficient (Wildman–Crippen LogP) is 4.14. The van der Waals surface area contributed by atoms with Crippen LogP contribution >= 0.6 is 11.3 Å². The average molecular weight is 394 g/mol. The lowest BCUT2D eigenvalue weighted by molar-refractivity contribution is 0.411. The maximum atomic E-state index is 9.72. The second kappa shape index (κ2) is 8.81. The predicted molar refractivity (Wildman–Crippen MR) is 119 cm³/mol. The summed E-state index contributed by atoms with van der Waals surface area (Å²) in [4.78, 5) is 0. The van der Waals surface area contributed by atoms with Gasteiger partial charge < -0.3 is 10.5 Å². The average Bonchev–Trinajstić information content (AvgIpc) is 3.24. The molecule has 0 bridgehead atoms. The summed E-state index contributed by atoms with van der Waals surface area (Å²) in [6.07, 6.45) is 1.94. The minimum absolute atomic E-state index is 0.433. The van der Waals surface area contributed by atoms with Crippen LogP contribution in [-0.4, -0.2) is 11.7 Å². The number of nitrogens with two attached hydrogens (primary N) is 1. The number of hydrogen-bond acceptors (Lipinski definition) is 4. The van der Waals surface area contributed by atoms with Crippen LogP contribution in [-0.2, 0) is 0 Å². The standard InChI is InChI=1S/C21H21N3OS.C2H6/c1-6-15-16(11-22)21(23)24(19(15)20-13(3)9-10-26-20)18-12(2)7-8-17(25-5)14(18)4;1-2/h6-10H,3,23H2,1-2,4-5H3;1-2H3/b15-6-,20-19-;. The zero-order valence-corrected chi connectivity index (χ0v) is 18.2. The van der Waals surface area contributed by atoms with Crippen molar-refractivity contribution in [1.82, 2.24) is 4.57 Å². The van der Waals surface area contributed by atoms with Gasteiger partial charge in [0.2, 0.25) is 0 Å². The first-order valence-corrected chi connectivity index (χ1v) is 10.1. The Labute approximate surface area is 170 Å². The van der Waals surface area contributed by atoms with Gasteiger partial charge in [0.25, 0.3) is 0 Å². The third-order valence-electron chi connectivity index (χ3n) is 4.63. The molecular weight excluding hydrogens is 366 g/mol. The van der Waals surface area contributed by atoms with Gasteiger partial charge in [0.15, 0.2) is 0 Å². The van der Waals surface area contributed by atoms with E-state index >= 15 is 0 Å². The van der Waals surface area contributed by atoms with Gasteiger partial charge in [-0.2, -0.15) is 5.26 Å². The first-order valence-electron chi connectivity index (χ1n) is 9.24. The fourth-order valence-electron chi connectivity index (χ4n) is 3.39. The van der Waals surface area contributed by atoms with Crippen molar-refractivity contribution < 1.29 is 4.74 Å². The number of aromatic nitrogens is 1. The Hall–Kier alpha value is -2.97. The highest BCUT2D eigenvalue weighted by molar-refractivity contribution is 7.08. The molecular formula is C23H27N3OS. The molecule has 3 aromatic rings. The van der Waals surface area contributed by atoms with Crippen LogP contribution in [0.1, 0.15) is 37.5 Å². The van der Waals surface area contributed by atoms with Crippen LogP contribution in [0.25, 0.3) is 18.3 Å². The van der Waals surface area contributed by atoms with Gasteiger partial charge in [-0.1, -0.05) is 32.6 Å². The summed E-state index contributed by atoms with van der Waals surface area (Å²) < 4.78 is 8.49. The summed E-state index contributed by atoms with van der Waals surface area (Å²) >= 11 is 1.60. The lowest BCUT2D eigenvalue weighted by Gasteiger charge is -2.16. The third-order valence-corrected chi connectivity index (χ3v) is 5.60. The van der Waals surface area contributed by atoms with E-state index in [0.717, 1.165) is 42.9 Å². The first kappa shape index (κ1) is 21.3. The van der Waals surface area contributed by atoms with Gasteiger partial charge in [-0.05, 0) is 49.1 Å². The molecule has 0 aliphatic carbocycles. The monoisotopic (exact) mass is 393 g/mol. The number of ether oxygens (including phenoxy) is 1. The molecule has 0 spiro atoms. The van der Waals surface area contributed by atoms with Gasteiger partial charge >= 0.3 is 0 Å². The molecule has 0 fully saturated rings. The summed E-state index contributed by atoms with van der Waals surface area (Å²) in [5.74, 6) is 1.22. The minimum atomic E-state index is 0.433. The van der Waals surface area contributed by atoms with Gasteiger partial charge in [-0.3, -0.25) is 4.57 Å². The van der Waals surface area contributed by atoms with Gasteiger partial charge in [-0.15, -0.1) is 11.3 Å². The molecule has 2 heterocycles. The van der Waals surface area contributed by atoms with Crippen molar-refractivity contribution >= 4 is 29.8 Å². The molecule has 0 radical (unpaired) electrons. The summed E-state index contributed by atoms with van der Waals surface area (Å²) in [6.45, 7) is 14.1. The van der Waals surface area contributed by atoms with E-state index in [2.05, 4.69) is 12.6 Å². The fraction of sp³-hybridized carbons (Fsp3) is 0.261. The Bertz CT molecular complexity index is 1240. The zero-order chi connectivity index (χ0) is 21.0.